The molecule has 2 heterocycles. The van der Waals surface area contributed by atoms with Gasteiger partial charge >= 0.3 is 0 Å². The second-order valence-corrected chi connectivity index (χ2v) is 4.09. The third-order valence-corrected chi connectivity index (χ3v) is 2.74. The standard InChI is InChI=1S/C13H8ClNO2/c14-13-4-1-8(7-15-13)12-6-9-5-10(16)2-3-11(9)17-12/h1-7,16H. The Morgan fingerprint density at radius 3 is 2.76 bits per heavy atom. The fourth-order valence-corrected chi connectivity index (χ4v) is 1.81. The summed E-state index contributed by atoms with van der Waals surface area (Å²) in [5.74, 6) is 0.925. The van der Waals surface area contributed by atoms with E-state index in [4.69, 9.17) is 16.0 Å². The third-order valence-electron chi connectivity index (χ3n) is 2.51. The molecule has 0 bridgehead atoms. The summed E-state index contributed by atoms with van der Waals surface area (Å²) in [7, 11) is 0. The van der Waals surface area contributed by atoms with Crippen molar-refractivity contribution < 1.29 is 9.52 Å². The predicted octanol–water partition coefficient (Wildman–Crippen LogP) is 3.85. The lowest BCUT2D eigenvalue weighted by Crippen LogP contribution is -1.76. The van der Waals surface area contributed by atoms with Gasteiger partial charge in [-0.1, -0.05) is 11.6 Å². The number of phenols is 1. The van der Waals surface area contributed by atoms with Crippen LogP contribution in [0, 0.1) is 0 Å². The van der Waals surface area contributed by atoms with Gasteiger partial charge in [-0.2, -0.15) is 0 Å². The number of halogens is 1. The second kappa shape index (κ2) is 3.79. The lowest BCUT2D eigenvalue weighted by atomic mass is 10.2. The molecular weight excluding hydrogens is 238 g/mol. The number of pyridine rings is 1. The largest absolute Gasteiger partial charge is 0.508 e. The monoisotopic (exact) mass is 245 g/mol. The predicted molar refractivity (Wildman–Crippen MR) is 66.1 cm³/mol. The highest BCUT2D eigenvalue weighted by Crippen LogP contribution is 2.29. The summed E-state index contributed by atoms with van der Waals surface area (Å²) in [6, 6.07) is 10.4. The third kappa shape index (κ3) is 1.85. The van der Waals surface area contributed by atoms with E-state index in [2.05, 4.69) is 4.98 Å². The molecule has 0 spiro atoms. The van der Waals surface area contributed by atoms with Crippen molar-refractivity contribution in [2.24, 2.45) is 0 Å². The van der Waals surface area contributed by atoms with Crippen molar-refractivity contribution in [2.75, 3.05) is 0 Å². The molecule has 2 aromatic heterocycles. The van der Waals surface area contributed by atoms with E-state index in [0.717, 1.165) is 16.5 Å². The second-order valence-electron chi connectivity index (χ2n) is 3.70. The molecule has 0 fully saturated rings. The van der Waals surface area contributed by atoms with Crippen LogP contribution < -0.4 is 0 Å². The van der Waals surface area contributed by atoms with Crippen LogP contribution in [0.2, 0.25) is 5.15 Å². The molecule has 4 heteroatoms. The summed E-state index contributed by atoms with van der Waals surface area (Å²) in [5.41, 5.74) is 1.58. The van der Waals surface area contributed by atoms with Gasteiger partial charge in [-0.05, 0) is 36.4 Å². The Labute approximate surface area is 102 Å². The molecule has 0 atom stereocenters. The van der Waals surface area contributed by atoms with Gasteiger partial charge in [-0.25, -0.2) is 4.98 Å². The van der Waals surface area contributed by atoms with Crippen molar-refractivity contribution >= 4 is 22.6 Å². The van der Waals surface area contributed by atoms with E-state index in [9.17, 15) is 5.11 Å². The van der Waals surface area contributed by atoms with Gasteiger partial charge in [0.1, 0.15) is 22.2 Å². The molecule has 0 radical (unpaired) electrons. The van der Waals surface area contributed by atoms with Crippen LogP contribution >= 0.6 is 11.6 Å². The van der Waals surface area contributed by atoms with Crippen molar-refractivity contribution in [3.8, 4) is 17.1 Å². The van der Waals surface area contributed by atoms with Gasteiger partial charge in [-0.15, -0.1) is 0 Å². The number of furan rings is 1. The van der Waals surface area contributed by atoms with Gasteiger partial charge in [0.2, 0.25) is 0 Å². The molecule has 1 aromatic carbocycles. The first-order valence-corrected chi connectivity index (χ1v) is 5.45. The maximum Gasteiger partial charge on any atom is 0.136 e. The maximum atomic E-state index is 9.38. The number of rotatable bonds is 1. The smallest absolute Gasteiger partial charge is 0.136 e. The first-order chi connectivity index (χ1) is 8.22. The van der Waals surface area contributed by atoms with Gasteiger partial charge in [-0.3, -0.25) is 0 Å². The molecule has 0 saturated carbocycles. The van der Waals surface area contributed by atoms with Crippen LogP contribution in [0.5, 0.6) is 5.75 Å². The maximum absolute atomic E-state index is 9.38. The minimum atomic E-state index is 0.221. The number of benzene rings is 1. The van der Waals surface area contributed by atoms with Gasteiger partial charge in [0.25, 0.3) is 0 Å². The van der Waals surface area contributed by atoms with Crippen LogP contribution in [-0.2, 0) is 0 Å². The molecule has 3 rings (SSSR count). The van der Waals surface area contributed by atoms with E-state index in [-0.39, 0.29) is 5.75 Å². The van der Waals surface area contributed by atoms with E-state index >= 15 is 0 Å². The van der Waals surface area contributed by atoms with Crippen LogP contribution in [0.25, 0.3) is 22.3 Å². The van der Waals surface area contributed by atoms with Gasteiger partial charge in [0, 0.05) is 17.1 Å². The molecule has 3 nitrogen and oxygen atoms in total. The number of phenolic OH excluding ortho intramolecular Hbond substituents is 1. The minimum Gasteiger partial charge on any atom is -0.508 e. The highest BCUT2D eigenvalue weighted by molar-refractivity contribution is 6.29. The Morgan fingerprint density at radius 2 is 2.00 bits per heavy atom. The molecule has 17 heavy (non-hydrogen) atoms. The fraction of sp³-hybridized carbons (Fsp3) is 0. The fourth-order valence-electron chi connectivity index (χ4n) is 1.69. The van der Waals surface area contributed by atoms with E-state index in [1.807, 2.05) is 12.1 Å². The molecule has 0 aliphatic heterocycles. The van der Waals surface area contributed by atoms with Crippen LogP contribution in [0.4, 0.5) is 0 Å². The Hall–Kier alpha value is -2.00. The zero-order valence-corrected chi connectivity index (χ0v) is 9.48. The van der Waals surface area contributed by atoms with Crippen LogP contribution in [-0.4, -0.2) is 10.1 Å². The minimum absolute atomic E-state index is 0.221. The topological polar surface area (TPSA) is 46.3 Å². The number of aromatic nitrogens is 1. The zero-order chi connectivity index (χ0) is 11.8. The molecule has 1 N–H and O–H groups in total. The highest BCUT2D eigenvalue weighted by Gasteiger charge is 2.07. The number of hydrogen-bond acceptors (Lipinski definition) is 3. The number of aromatic hydroxyl groups is 1. The lowest BCUT2D eigenvalue weighted by Gasteiger charge is -1.94. The van der Waals surface area contributed by atoms with Crippen molar-refractivity contribution in [3.63, 3.8) is 0 Å². The molecule has 0 aliphatic carbocycles. The van der Waals surface area contributed by atoms with Crippen molar-refractivity contribution in [2.45, 2.75) is 0 Å². The lowest BCUT2D eigenvalue weighted by molar-refractivity contribution is 0.476. The Kier molecular flexibility index (Phi) is 2.27. The Bertz CT molecular complexity index is 673. The zero-order valence-electron chi connectivity index (χ0n) is 8.72. The summed E-state index contributed by atoms with van der Waals surface area (Å²) < 4.78 is 5.65. The average Bonchev–Trinajstić information content (AvgIpc) is 2.72. The molecule has 0 amide bonds. The first-order valence-electron chi connectivity index (χ1n) is 5.07. The van der Waals surface area contributed by atoms with E-state index in [1.165, 1.54) is 0 Å². The number of nitrogens with zero attached hydrogens (tertiary/aromatic N) is 1. The van der Waals surface area contributed by atoms with Gasteiger partial charge in [0.05, 0.1) is 0 Å². The van der Waals surface area contributed by atoms with E-state index in [1.54, 1.807) is 30.5 Å². The van der Waals surface area contributed by atoms with Gasteiger partial charge < -0.3 is 9.52 Å². The van der Waals surface area contributed by atoms with Crippen LogP contribution in [0.3, 0.4) is 0 Å². The number of hydrogen-bond donors (Lipinski definition) is 1. The molecule has 0 saturated heterocycles. The molecule has 3 aromatic rings. The first kappa shape index (κ1) is 10.2. The molecule has 0 aliphatic rings. The SMILES string of the molecule is Oc1ccc2oc(-c3ccc(Cl)nc3)cc2c1. The Balaban J connectivity index is 2.14. The summed E-state index contributed by atoms with van der Waals surface area (Å²) in [6.45, 7) is 0. The van der Waals surface area contributed by atoms with Crippen molar-refractivity contribution in [3.05, 3.63) is 47.7 Å². The van der Waals surface area contributed by atoms with Crippen molar-refractivity contribution in [1.82, 2.24) is 4.98 Å². The summed E-state index contributed by atoms with van der Waals surface area (Å²) in [5, 5.41) is 10.7. The molecular formula is C13H8ClNO2. The van der Waals surface area contributed by atoms with Gasteiger partial charge in [0.15, 0.2) is 0 Å². The summed E-state index contributed by atoms with van der Waals surface area (Å²) in [6.07, 6.45) is 1.65. The highest BCUT2D eigenvalue weighted by atomic mass is 35.5. The summed E-state index contributed by atoms with van der Waals surface area (Å²) in [4.78, 5) is 4.00. The van der Waals surface area contributed by atoms with E-state index in [0.29, 0.717) is 10.9 Å². The average molecular weight is 246 g/mol. The van der Waals surface area contributed by atoms with Crippen LogP contribution in [0.1, 0.15) is 0 Å². The molecule has 84 valence electrons. The normalized spacial score (nSPS) is 10.9. The molecule has 0 unspecified atom stereocenters. The van der Waals surface area contributed by atoms with Crippen LogP contribution in [0.15, 0.2) is 47.0 Å². The van der Waals surface area contributed by atoms with Crippen molar-refractivity contribution in [1.29, 1.82) is 0 Å². The number of fused-ring (bicyclic) bond motifs is 1. The quantitative estimate of drug-likeness (QED) is 0.663. The summed E-state index contributed by atoms with van der Waals surface area (Å²) >= 11 is 5.72. The Morgan fingerprint density at radius 1 is 1.12 bits per heavy atom. The van der Waals surface area contributed by atoms with E-state index < -0.39 is 0 Å².